The molecule has 0 aliphatic rings. The van der Waals surface area contributed by atoms with Crippen LogP contribution in [0.15, 0.2) is 24.4 Å². The van der Waals surface area contributed by atoms with E-state index < -0.39 is 4.92 Å². The van der Waals surface area contributed by atoms with E-state index in [1.807, 2.05) is 0 Å². The lowest BCUT2D eigenvalue weighted by molar-refractivity contribution is -0.385. The summed E-state index contributed by atoms with van der Waals surface area (Å²) >= 11 is 0. The van der Waals surface area contributed by atoms with Gasteiger partial charge in [0, 0.05) is 11.6 Å². The van der Waals surface area contributed by atoms with Crippen molar-refractivity contribution in [1.29, 1.82) is 0 Å². The summed E-state index contributed by atoms with van der Waals surface area (Å²) in [7, 11) is 0. The van der Waals surface area contributed by atoms with Crippen molar-refractivity contribution >= 4 is 12.0 Å². The highest BCUT2D eigenvalue weighted by atomic mass is 16.6. The number of carbonyl (C=O) groups is 1. The molecule has 2 rings (SSSR count). The maximum Gasteiger partial charge on any atom is 0.272 e. The number of aromatic nitrogens is 3. The molecule has 1 aromatic heterocycles. The Kier molecular flexibility index (Phi) is 2.65. The van der Waals surface area contributed by atoms with Gasteiger partial charge in [0.2, 0.25) is 0 Å². The van der Waals surface area contributed by atoms with Crippen LogP contribution < -0.4 is 0 Å². The van der Waals surface area contributed by atoms with Gasteiger partial charge in [-0.2, -0.15) is 0 Å². The van der Waals surface area contributed by atoms with E-state index in [2.05, 4.69) is 10.3 Å². The predicted octanol–water partition coefficient (Wildman–Crippen LogP) is 1.30. The average molecular weight is 232 g/mol. The highest BCUT2D eigenvalue weighted by molar-refractivity contribution is 5.70. The standard InChI is InChI=1S/C10H8N4O3/c1-7-4-9(2-3-10(7)14(16)17)13-5-8(6-15)11-12-13/h2-6H,1H3. The third-order valence-electron chi connectivity index (χ3n) is 2.27. The van der Waals surface area contributed by atoms with Crippen LogP contribution in [-0.2, 0) is 0 Å². The first-order chi connectivity index (χ1) is 8.11. The van der Waals surface area contributed by atoms with Gasteiger partial charge in [-0.3, -0.25) is 14.9 Å². The lowest BCUT2D eigenvalue weighted by atomic mass is 10.2. The number of rotatable bonds is 3. The fourth-order valence-corrected chi connectivity index (χ4v) is 1.44. The van der Waals surface area contributed by atoms with Gasteiger partial charge < -0.3 is 0 Å². The first-order valence-corrected chi connectivity index (χ1v) is 4.75. The molecule has 2 aromatic rings. The summed E-state index contributed by atoms with van der Waals surface area (Å²) in [6.07, 6.45) is 2.04. The summed E-state index contributed by atoms with van der Waals surface area (Å²) in [6, 6.07) is 4.56. The Morgan fingerprint density at radius 3 is 2.76 bits per heavy atom. The van der Waals surface area contributed by atoms with Crippen molar-refractivity contribution in [3.05, 3.63) is 45.8 Å². The van der Waals surface area contributed by atoms with Crippen LogP contribution in [0, 0.1) is 17.0 Å². The van der Waals surface area contributed by atoms with E-state index >= 15 is 0 Å². The number of aryl methyl sites for hydroxylation is 1. The number of nitro benzene ring substituents is 1. The van der Waals surface area contributed by atoms with Crippen LogP contribution in [0.5, 0.6) is 0 Å². The van der Waals surface area contributed by atoms with E-state index in [1.54, 1.807) is 19.1 Å². The third-order valence-corrected chi connectivity index (χ3v) is 2.27. The van der Waals surface area contributed by atoms with Crippen molar-refractivity contribution in [3.8, 4) is 5.69 Å². The molecule has 1 heterocycles. The molecule has 0 aliphatic carbocycles. The van der Waals surface area contributed by atoms with Crippen molar-refractivity contribution in [2.24, 2.45) is 0 Å². The van der Waals surface area contributed by atoms with Gasteiger partial charge in [-0.25, -0.2) is 4.68 Å². The Hall–Kier alpha value is -2.57. The number of hydrogen-bond acceptors (Lipinski definition) is 5. The smallest absolute Gasteiger partial charge is 0.272 e. The fraction of sp³-hybridized carbons (Fsp3) is 0.100. The average Bonchev–Trinajstić information content (AvgIpc) is 2.76. The lowest BCUT2D eigenvalue weighted by Crippen LogP contribution is -1.98. The molecule has 0 fully saturated rings. The SMILES string of the molecule is Cc1cc(-n2cc(C=O)nn2)ccc1[N+](=O)[O-]. The van der Waals surface area contributed by atoms with Crippen molar-refractivity contribution < 1.29 is 9.72 Å². The van der Waals surface area contributed by atoms with E-state index in [-0.39, 0.29) is 11.4 Å². The number of benzene rings is 1. The molecule has 0 bridgehead atoms. The summed E-state index contributed by atoms with van der Waals surface area (Å²) in [5, 5.41) is 18.0. The zero-order valence-electron chi connectivity index (χ0n) is 8.90. The highest BCUT2D eigenvalue weighted by Gasteiger charge is 2.11. The van der Waals surface area contributed by atoms with E-state index in [0.29, 0.717) is 17.5 Å². The Morgan fingerprint density at radius 2 is 2.24 bits per heavy atom. The molecule has 0 unspecified atom stereocenters. The molecule has 7 heteroatoms. The molecule has 0 aliphatic heterocycles. The minimum atomic E-state index is -0.447. The van der Waals surface area contributed by atoms with Crippen molar-refractivity contribution in [2.45, 2.75) is 6.92 Å². The van der Waals surface area contributed by atoms with Gasteiger partial charge in [0.15, 0.2) is 6.29 Å². The largest absolute Gasteiger partial charge is 0.296 e. The Balaban J connectivity index is 2.43. The Bertz CT molecular complexity index is 591. The lowest BCUT2D eigenvalue weighted by Gasteiger charge is -2.01. The highest BCUT2D eigenvalue weighted by Crippen LogP contribution is 2.20. The minimum absolute atomic E-state index is 0.0458. The van der Waals surface area contributed by atoms with Gasteiger partial charge in [0.1, 0.15) is 5.69 Å². The van der Waals surface area contributed by atoms with Crippen molar-refractivity contribution in [3.63, 3.8) is 0 Å². The van der Waals surface area contributed by atoms with Gasteiger partial charge in [0.05, 0.1) is 16.8 Å². The summed E-state index contributed by atoms with van der Waals surface area (Å²) in [5.41, 5.74) is 1.40. The predicted molar refractivity (Wildman–Crippen MR) is 58.1 cm³/mol. The van der Waals surface area contributed by atoms with Gasteiger partial charge in [-0.1, -0.05) is 5.21 Å². The van der Waals surface area contributed by atoms with Crippen LogP contribution in [0.3, 0.4) is 0 Å². The second-order valence-electron chi connectivity index (χ2n) is 3.43. The second-order valence-corrected chi connectivity index (χ2v) is 3.43. The summed E-state index contributed by atoms with van der Waals surface area (Å²) in [4.78, 5) is 20.7. The summed E-state index contributed by atoms with van der Waals surface area (Å²) < 4.78 is 1.39. The minimum Gasteiger partial charge on any atom is -0.296 e. The maximum atomic E-state index is 10.6. The quantitative estimate of drug-likeness (QED) is 0.451. The van der Waals surface area contributed by atoms with Crippen LogP contribution in [-0.4, -0.2) is 26.2 Å². The molecule has 1 aromatic carbocycles. The molecule has 0 spiro atoms. The van der Waals surface area contributed by atoms with E-state index in [0.717, 1.165) is 0 Å². The van der Waals surface area contributed by atoms with Crippen LogP contribution >= 0.6 is 0 Å². The Labute approximate surface area is 95.8 Å². The van der Waals surface area contributed by atoms with Crippen LogP contribution in [0.2, 0.25) is 0 Å². The van der Waals surface area contributed by atoms with Crippen LogP contribution in [0.4, 0.5) is 5.69 Å². The number of hydrogen-bond donors (Lipinski definition) is 0. The van der Waals surface area contributed by atoms with E-state index in [9.17, 15) is 14.9 Å². The van der Waals surface area contributed by atoms with E-state index in [1.165, 1.54) is 16.9 Å². The van der Waals surface area contributed by atoms with Crippen molar-refractivity contribution in [1.82, 2.24) is 15.0 Å². The van der Waals surface area contributed by atoms with E-state index in [4.69, 9.17) is 0 Å². The van der Waals surface area contributed by atoms with Crippen LogP contribution in [0.25, 0.3) is 5.69 Å². The summed E-state index contributed by atoms with van der Waals surface area (Å²) in [6.45, 7) is 1.64. The summed E-state index contributed by atoms with van der Waals surface area (Å²) in [5.74, 6) is 0. The molecule has 0 N–H and O–H groups in total. The first-order valence-electron chi connectivity index (χ1n) is 4.75. The number of carbonyl (C=O) groups excluding carboxylic acids is 1. The third kappa shape index (κ3) is 2.03. The molecule has 17 heavy (non-hydrogen) atoms. The number of nitro groups is 1. The molecule has 0 saturated carbocycles. The van der Waals surface area contributed by atoms with Crippen LogP contribution in [0.1, 0.15) is 16.1 Å². The zero-order valence-corrected chi connectivity index (χ0v) is 8.90. The zero-order chi connectivity index (χ0) is 12.4. The molecule has 86 valence electrons. The molecule has 0 radical (unpaired) electrons. The fourth-order valence-electron chi connectivity index (χ4n) is 1.44. The van der Waals surface area contributed by atoms with Gasteiger partial charge in [-0.15, -0.1) is 5.10 Å². The molecule has 0 atom stereocenters. The normalized spacial score (nSPS) is 10.2. The monoisotopic (exact) mass is 232 g/mol. The van der Waals surface area contributed by atoms with Gasteiger partial charge >= 0.3 is 0 Å². The van der Waals surface area contributed by atoms with Gasteiger partial charge in [0.25, 0.3) is 5.69 Å². The number of aldehydes is 1. The topological polar surface area (TPSA) is 90.9 Å². The molecular weight excluding hydrogens is 224 g/mol. The molecular formula is C10H8N4O3. The first kappa shape index (κ1) is 10.9. The molecule has 7 nitrogen and oxygen atoms in total. The van der Waals surface area contributed by atoms with Gasteiger partial charge in [-0.05, 0) is 19.1 Å². The number of nitrogens with zero attached hydrogens (tertiary/aromatic N) is 4. The molecule has 0 amide bonds. The Morgan fingerprint density at radius 1 is 1.47 bits per heavy atom. The maximum absolute atomic E-state index is 10.6. The second kappa shape index (κ2) is 4.12. The van der Waals surface area contributed by atoms with Crippen molar-refractivity contribution in [2.75, 3.05) is 0 Å². The molecule has 0 saturated heterocycles.